The maximum absolute atomic E-state index is 13.0. The number of amides is 2. The first-order valence-corrected chi connectivity index (χ1v) is 11.1. The average molecular weight is 424 g/mol. The van der Waals surface area contributed by atoms with Gasteiger partial charge in [0.25, 0.3) is 11.5 Å². The molecule has 1 aromatic heterocycles. The van der Waals surface area contributed by atoms with Crippen LogP contribution < -0.4 is 10.9 Å². The summed E-state index contributed by atoms with van der Waals surface area (Å²) in [5, 5.41) is 3.45. The van der Waals surface area contributed by atoms with E-state index in [4.69, 9.17) is 0 Å². The van der Waals surface area contributed by atoms with E-state index < -0.39 is 11.8 Å². The number of para-hydroxylation sites is 1. The van der Waals surface area contributed by atoms with Crippen LogP contribution >= 0.6 is 11.8 Å². The van der Waals surface area contributed by atoms with Crippen LogP contribution in [0.1, 0.15) is 43.0 Å². The number of nitrogens with zero attached hydrogens (tertiary/aromatic N) is 2. The number of benzene rings is 2. The van der Waals surface area contributed by atoms with Crippen LogP contribution in [0.15, 0.2) is 64.5 Å². The first-order valence-electron chi connectivity index (χ1n) is 10.1. The van der Waals surface area contributed by atoms with Crippen LogP contribution in [0.5, 0.6) is 0 Å². The summed E-state index contributed by atoms with van der Waals surface area (Å²) in [6.07, 6.45) is 4.14. The minimum absolute atomic E-state index is 0.00167. The van der Waals surface area contributed by atoms with Gasteiger partial charge in [-0.1, -0.05) is 68.3 Å². The highest BCUT2D eigenvalue weighted by molar-refractivity contribution is 7.99. The first kappa shape index (κ1) is 21.8. The van der Waals surface area contributed by atoms with Crippen LogP contribution in [0.25, 0.3) is 10.9 Å². The quantitative estimate of drug-likeness (QED) is 0.319. The van der Waals surface area contributed by atoms with Crippen LogP contribution in [-0.4, -0.2) is 27.1 Å². The lowest BCUT2D eigenvalue weighted by atomic mass is 10.2. The molecule has 0 atom stereocenters. The topological polar surface area (TPSA) is 81.1 Å². The summed E-state index contributed by atoms with van der Waals surface area (Å²) in [5.41, 5.74) is 0.934. The lowest BCUT2D eigenvalue weighted by Gasteiger charge is -2.13. The molecule has 156 valence electrons. The maximum Gasteiger partial charge on any atom is 0.262 e. The Balaban J connectivity index is 1.74. The summed E-state index contributed by atoms with van der Waals surface area (Å²) in [7, 11) is 0. The fraction of sp³-hybridized carbons (Fsp3) is 0.304. The van der Waals surface area contributed by atoms with Crippen molar-refractivity contribution in [3.63, 3.8) is 0 Å². The summed E-state index contributed by atoms with van der Waals surface area (Å²) in [4.78, 5) is 42.0. The lowest BCUT2D eigenvalue weighted by molar-refractivity contribution is -0.117. The molecule has 3 rings (SSSR count). The monoisotopic (exact) mass is 423 g/mol. The third kappa shape index (κ3) is 5.57. The number of rotatable bonds is 9. The molecule has 0 saturated heterocycles. The van der Waals surface area contributed by atoms with Crippen LogP contribution in [-0.2, 0) is 11.3 Å². The number of unbranched alkanes of at least 4 members (excludes halogenated alkanes) is 3. The molecule has 2 aromatic carbocycles. The van der Waals surface area contributed by atoms with E-state index in [9.17, 15) is 14.4 Å². The van der Waals surface area contributed by atoms with E-state index in [1.54, 1.807) is 47.0 Å². The highest BCUT2D eigenvalue weighted by Gasteiger charge is 2.15. The zero-order valence-corrected chi connectivity index (χ0v) is 17.8. The second kappa shape index (κ2) is 10.7. The predicted octanol–water partition coefficient (Wildman–Crippen LogP) is 4.03. The third-order valence-corrected chi connectivity index (χ3v) is 5.66. The number of imide groups is 1. The van der Waals surface area contributed by atoms with E-state index in [1.807, 2.05) is 12.1 Å². The molecule has 2 amide bonds. The molecule has 6 nitrogen and oxygen atoms in total. The van der Waals surface area contributed by atoms with Crippen molar-refractivity contribution in [1.82, 2.24) is 14.9 Å². The summed E-state index contributed by atoms with van der Waals surface area (Å²) in [6.45, 7) is 2.70. The van der Waals surface area contributed by atoms with E-state index in [-0.39, 0.29) is 11.3 Å². The van der Waals surface area contributed by atoms with E-state index in [0.717, 1.165) is 25.7 Å². The maximum atomic E-state index is 13.0. The van der Waals surface area contributed by atoms with E-state index in [2.05, 4.69) is 17.2 Å². The largest absolute Gasteiger partial charge is 0.292 e. The van der Waals surface area contributed by atoms with Gasteiger partial charge < -0.3 is 0 Å². The number of hydrogen-bond acceptors (Lipinski definition) is 5. The number of nitrogens with one attached hydrogen (secondary N) is 1. The zero-order valence-electron chi connectivity index (χ0n) is 17.0. The fourth-order valence-electron chi connectivity index (χ4n) is 3.11. The lowest BCUT2D eigenvalue weighted by Crippen LogP contribution is -2.32. The molecule has 0 radical (unpaired) electrons. The van der Waals surface area contributed by atoms with Gasteiger partial charge in [0.2, 0.25) is 5.91 Å². The van der Waals surface area contributed by atoms with Gasteiger partial charge in [-0.15, -0.1) is 0 Å². The molecule has 7 heteroatoms. The van der Waals surface area contributed by atoms with Crippen LogP contribution in [0, 0.1) is 0 Å². The van der Waals surface area contributed by atoms with Gasteiger partial charge in [0.1, 0.15) is 0 Å². The Labute approximate surface area is 179 Å². The van der Waals surface area contributed by atoms with Crippen molar-refractivity contribution in [2.75, 3.05) is 5.75 Å². The van der Waals surface area contributed by atoms with E-state index >= 15 is 0 Å². The van der Waals surface area contributed by atoms with Crippen LogP contribution in [0.2, 0.25) is 0 Å². The molecule has 3 aromatic rings. The van der Waals surface area contributed by atoms with Crippen molar-refractivity contribution in [1.29, 1.82) is 0 Å². The molecule has 0 aliphatic carbocycles. The molecule has 1 N–H and O–H groups in total. The summed E-state index contributed by atoms with van der Waals surface area (Å²) in [5.74, 6) is -0.864. The molecule has 0 bridgehead atoms. The van der Waals surface area contributed by atoms with Crippen LogP contribution in [0.4, 0.5) is 0 Å². The molecule has 30 heavy (non-hydrogen) atoms. The molecular weight excluding hydrogens is 398 g/mol. The van der Waals surface area contributed by atoms with Crippen molar-refractivity contribution >= 4 is 34.5 Å². The smallest absolute Gasteiger partial charge is 0.262 e. The number of carbonyl (C=O) groups is 2. The highest BCUT2D eigenvalue weighted by atomic mass is 32.2. The summed E-state index contributed by atoms with van der Waals surface area (Å²) < 4.78 is 1.65. The van der Waals surface area contributed by atoms with Gasteiger partial charge in [-0.2, -0.15) is 0 Å². The van der Waals surface area contributed by atoms with Crippen molar-refractivity contribution in [3.05, 3.63) is 70.5 Å². The number of aromatic nitrogens is 2. The minimum atomic E-state index is -0.440. The van der Waals surface area contributed by atoms with Crippen molar-refractivity contribution in [3.8, 4) is 0 Å². The van der Waals surface area contributed by atoms with Crippen molar-refractivity contribution in [2.45, 2.75) is 44.3 Å². The first-order chi connectivity index (χ1) is 14.6. The summed E-state index contributed by atoms with van der Waals surface area (Å²) in [6, 6.07) is 15.8. The molecule has 1 heterocycles. The SMILES string of the molecule is CCCCCCn1c(SCC(=O)NC(=O)c2ccccc2)nc2ccccc2c1=O. The van der Waals surface area contributed by atoms with Crippen molar-refractivity contribution < 1.29 is 9.59 Å². The Bertz CT molecular complexity index is 1080. The highest BCUT2D eigenvalue weighted by Crippen LogP contribution is 2.18. The predicted molar refractivity (Wildman–Crippen MR) is 120 cm³/mol. The Kier molecular flexibility index (Phi) is 7.79. The summed E-state index contributed by atoms with van der Waals surface area (Å²) >= 11 is 1.17. The molecule has 0 aliphatic rings. The van der Waals surface area contributed by atoms with Crippen molar-refractivity contribution in [2.24, 2.45) is 0 Å². The molecule has 0 fully saturated rings. The molecule has 0 aliphatic heterocycles. The van der Waals surface area contributed by atoms with E-state index in [1.165, 1.54) is 11.8 Å². The molecule has 0 spiro atoms. The molecular formula is C23H25N3O3S. The fourth-order valence-corrected chi connectivity index (χ4v) is 3.93. The second-order valence-corrected chi connectivity index (χ2v) is 7.90. The third-order valence-electron chi connectivity index (χ3n) is 4.68. The van der Waals surface area contributed by atoms with Crippen LogP contribution in [0.3, 0.4) is 0 Å². The standard InChI is InChI=1S/C23H25N3O3S/c1-2-3-4-10-15-26-22(29)18-13-8-9-14-19(18)24-23(26)30-16-20(27)25-21(28)17-11-6-5-7-12-17/h5-9,11-14H,2-4,10,15-16H2,1H3,(H,25,27,28). The van der Waals surface area contributed by atoms with Gasteiger partial charge in [-0.3, -0.25) is 24.3 Å². The Morgan fingerprint density at radius 1 is 1.00 bits per heavy atom. The number of thioether (sulfide) groups is 1. The Morgan fingerprint density at radius 2 is 1.73 bits per heavy atom. The van der Waals surface area contributed by atoms with Gasteiger partial charge in [0.15, 0.2) is 5.16 Å². The minimum Gasteiger partial charge on any atom is -0.292 e. The van der Waals surface area contributed by atoms with Gasteiger partial charge in [0.05, 0.1) is 16.7 Å². The second-order valence-electron chi connectivity index (χ2n) is 6.96. The number of carbonyl (C=O) groups excluding carboxylic acids is 2. The number of hydrogen-bond donors (Lipinski definition) is 1. The van der Waals surface area contributed by atoms with Gasteiger partial charge in [-0.25, -0.2) is 4.98 Å². The zero-order chi connectivity index (χ0) is 21.3. The van der Waals surface area contributed by atoms with Gasteiger partial charge in [0, 0.05) is 12.1 Å². The Morgan fingerprint density at radius 3 is 2.50 bits per heavy atom. The van der Waals surface area contributed by atoms with Gasteiger partial charge in [-0.05, 0) is 30.7 Å². The number of fused-ring (bicyclic) bond motifs is 1. The Hall–Kier alpha value is -2.93. The molecule has 0 saturated carbocycles. The normalized spacial score (nSPS) is 10.8. The van der Waals surface area contributed by atoms with Gasteiger partial charge >= 0.3 is 0 Å². The average Bonchev–Trinajstić information content (AvgIpc) is 2.77. The molecule has 0 unspecified atom stereocenters. The van der Waals surface area contributed by atoms with E-state index in [0.29, 0.717) is 28.2 Å².